The van der Waals surface area contributed by atoms with Gasteiger partial charge in [0.05, 0.1) is 39.9 Å². The van der Waals surface area contributed by atoms with E-state index in [2.05, 4.69) is 67.8 Å². The number of amides is 1. The Morgan fingerprint density at radius 1 is 0.667 bits per heavy atom. The van der Waals surface area contributed by atoms with Crippen LogP contribution in [-0.2, 0) is 18.4 Å². The van der Waals surface area contributed by atoms with E-state index in [0.29, 0.717) is 17.4 Å². The third-order valence-electron chi connectivity index (χ3n) is 9.23. The molecule has 0 heterocycles. The Bertz CT molecular complexity index is 1060. The lowest BCUT2D eigenvalue weighted by atomic mass is 10.0. The highest BCUT2D eigenvalue weighted by molar-refractivity contribution is 7.45. The molecule has 9 heteroatoms. The molecule has 0 aliphatic heterocycles. The Morgan fingerprint density at radius 3 is 1.65 bits per heavy atom. The maximum Gasteiger partial charge on any atom is 0.268 e. The summed E-state index contributed by atoms with van der Waals surface area (Å²) in [5.41, 5.74) is 0. The number of carbonyl (C=O) groups excluding carboxylic acids is 1. The molecule has 0 radical (unpaired) electrons. The molecule has 0 saturated heterocycles. The average molecular weight is 779 g/mol. The normalized spacial score (nSPS) is 15.0. The Balaban J connectivity index is 4.52. The lowest BCUT2D eigenvalue weighted by Gasteiger charge is -2.29. The zero-order valence-corrected chi connectivity index (χ0v) is 36.3. The van der Waals surface area contributed by atoms with Gasteiger partial charge in [0.25, 0.3) is 7.82 Å². The van der Waals surface area contributed by atoms with Crippen LogP contribution < -0.4 is 10.2 Å². The van der Waals surface area contributed by atoms with Gasteiger partial charge < -0.3 is 28.8 Å². The third-order valence-corrected chi connectivity index (χ3v) is 10.2. The number of hydrogen-bond acceptors (Lipinski definition) is 6. The molecule has 0 saturated carbocycles. The van der Waals surface area contributed by atoms with Crippen molar-refractivity contribution in [2.24, 2.45) is 0 Å². The summed E-state index contributed by atoms with van der Waals surface area (Å²) in [7, 11) is 1.23. The first-order chi connectivity index (χ1) is 26.0. The second-order valence-corrected chi connectivity index (χ2v) is 17.1. The van der Waals surface area contributed by atoms with Crippen LogP contribution in [0.15, 0.2) is 60.8 Å². The molecule has 0 aliphatic carbocycles. The molecule has 2 N–H and O–H groups in total. The molecule has 0 bridgehead atoms. The van der Waals surface area contributed by atoms with Crippen molar-refractivity contribution in [3.05, 3.63) is 60.8 Å². The van der Waals surface area contributed by atoms with Crippen molar-refractivity contribution in [2.45, 2.75) is 180 Å². The predicted octanol–water partition coefficient (Wildman–Crippen LogP) is 11.2. The summed E-state index contributed by atoms with van der Waals surface area (Å²) in [6.07, 6.45) is 46.9. The van der Waals surface area contributed by atoms with Gasteiger partial charge in [-0.3, -0.25) is 9.36 Å². The summed E-state index contributed by atoms with van der Waals surface area (Å²) in [5, 5.41) is 13.7. The number of aliphatic hydroxyl groups is 1. The number of unbranched alkanes of at least 4 members (excludes halogenated alkanes) is 17. The number of nitrogens with one attached hydrogen (secondary N) is 1. The zero-order valence-electron chi connectivity index (χ0n) is 35.4. The molecule has 0 aliphatic rings. The van der Waals surface area contributed by atoms with E-state index in [1.54, 1.807) is 6.08 Å². The van der Waals surface area contributed by atoms with Gasteiger partial charge in [0, 0.05) is 6.42 Å². The van der Waals surface area contributed by atoms with E-state index in [1.807, 2.05) is 27.2 Å². The second kappa shape index (κ2) is 36.8. The van der Waals surface area contributed by atoms with E-state index in [0.717, 1.165) is 77.0 Å². The predicted molar refractivity (Wildman–Crippen MR) is 228 cm³/mol. The zero-order chi connectivity index (χ0) is 40.0. The fourth-order valence-corrected chi connectivity index (χ4v) is 6.51. The van der Waals surface area contributed by atoms with Crippen LogP contribution in [0.25, 0.3) is 0 Å². The number of allylic oxidation sites excluding steroid dienone is 9. The maximum atomic E-state index is 12.8. The number of aliphatic hydroxyl groups excluding tert-OH is 1. The van der Waals surface area contributed by atoms with Crippen molar-refractivity contribution in [3.63, 3.8) is 0 Å². The van der Waals surface area contributed by atoms with E-state index in [9.17, 15) is 19.4 Å². The maximum absolute atomic E-state index is 12.8. The summed E-state index contributed by atoms with van der Waals surface area (Å²) in [6, 6.07) is -0.900. The average Bonchev–Trinajstić information content (AvgIpc) is 3.12. The molecule has 8 nitrogen and oxygen atoms in total. The molecule has 3 unspecified atom stereocenters. The summed E-state index contributed by atoms with van der Waals surface area (Å²) in [4.78, 5) is 25.3. The van der Waals surface area contributed by atoms with Crippen molar-refractivity contribution < 1.29 is 32.9 Å². The number of carbonyl (C=O) groups is 1. The van der Waals surface area contributed by atoms with Gasteiger partial charge in [-0.15, -0.1) is 0 Å². The first-order valence-corrected chi connectivity index (χ1v) is 23.1. The fraction of sp³-hybridized carbons (Fsp3) is 0.756. The topological polar surface area (TPSA) is 108 Å². The van der Waals surface area contributed by atoms with Gasteiger partial charge in [-0.1, -0.05) is 164 Å². The lowest BCUT2D eigenvalue weighted by Crippen LogP contribution is -2.45. The summed E-state index contributed by atoms with van der Waals surface area (Å²) in [6.45, 7) is 4.49. The van der Waals surface area contributed by atoms with E-state index < -0.39 is 26.6 Å². The van der Waals surface area contributed by atoms with Crippen LogP contribution in [0.5, 0.6) is 0 Å². The van der Waals surface area contributed by atoms with Crippen LogP contribution in [0.1, 0.15) is 168 Å². The third kappa shape index (κ3) is 38.5. The molecule has 0 aromatic rings. The monoisotopic (exact) mass is 779 g/mol. The van der Waals surface area contributed by atoms with Crippen LogP contribution in [-0.4, -0.2) is 68.5 Å². The van der Waals surface area contributed by atoms with Crippen LogP contribution >= 0.6 is 7.82 Å². The largest absolute Gasteiger partial charge is 0.756 e. The highest BCUT2D eigenvalue weighted by atomic mass is 31.2. The summed E-state index contributed by atoms with van der Waals surface area (Å²) >= 11 is 0. The van der Waals surface area contributed by atoms with Crippen LogP contribution in [0, 0.1) is 0 Å². The lowest BCUT2D eigenvalue weighted by molar-refractivity contribution is -0.870. The first-order valence-electron chi connectivity index (χ1n) is 21.7. The molecule has 0 spiro atoms. The van der Waals surface area contributed by atoms with Gasteiger partial charge in [0.15, 0.2) is 0 Å². The number of nitrogens with zero attached hydrogens (tertiary/aromatic N) is 1. The molecule has 1 amide bonds. The Hall–Kier alpha value is -1.80. The minimum Gasteiger partial charge on any atom is -0.756 e. The van der Waals surface area contributed by atoms with Crippen molar-refractivity contribution in [1.82, 2.24) is 5.32 Å². The number of phosphoric acid groups is 1. The molecule has 0 rings (SSSR count). The second-order valence-electron chi connectivity index (χ2n) is 15.7. The van der Waals surface area contributed by atoms with Crippen LogP contribution in [0.2, 0.25) is 0 Å². The number of quaternary nitrogens is 1. The highest BCUT2D eigenvalue weighted by Crippen LogP contribution is 2.38. The molecule has 54 heavy (non-hydrogen) atoms. The van der Waals surface area contributed by atoms with Crippen molar-refractivity contribution >= 4 is 13.7 Å². The molecule has 3 atom stereocenters. The highest BCUT2D eigenvalue weighted by Gasteiger charge is 2.23. The minimum atomic E-state index is -4.59. The van der Waals surface area contributed by atoms with E-state index in [1.165, 1.54) is 70.6 Å². The first kappa shape index (κ1) is 52.2. The van der Waals surface area contributed by atoms with Crippen molar-refractivity contribution in [1.29, 1.82) is 0 Å². The molecular formula is C45H83N2O6P. The van der Waals surface area contributed by atoms with Gasteiger partial charge in [-0.05, 0) is 57.8 Å². The Morgan fingerprint density at radius 2 is 1.13 bits per heavy atom. The Kier molecular flexibility index (Phi) is 35.6. The van der Waals surface area contributed by atoms with Crippen LogP contribution in [0.3, 0.4) is 0 Å². The molecule has 0 aromatic carbocycles. The van der Waals surface area contributed by atoms with Gasteiger partial charge in [0.1, 0.15) is 13.2 Å². The van der Waals surface area contributed by atoms with E-state index in [-0.39, 0.29) is 12.5 Å². The minimum absolute atomic E-state index is 0.00876. The smallest absolute Gasteiger partial charge is 0.268 e. The van der Waals surface area contributed by atoms with Crippen molar-refractivity contribution in [2.75, 3.05) is 40.9 Å². The quantitative estimate of drug-likeness (QED) is 0.0280. The molecular weight excluding hydrogens is 695 g/mol. The number of hydrogen-bond donors (Lipinski definition) is 2. The van der Waals surface area contributed by atoms with Gasteiger partial charge in [-0.2, -0.15) is 0 Å². The van der Waals surface area contributed by atoms with Crippen molar-refractivity contribution in [3.8, 4) is 0 Å². The van der Waals surface area contributed by atoms with Gasteiger partial charge in [0.2, 0.25) is 5.91 Å². The molecule has 0 fully saturated rings. The molecule has 0 aromatic heterocycles. The van der Waals surface area contributed by atoms with Gasteiger partial charge >= 0.3 is 0 Å². The van der Waals surface area contributed by atoms with Crippen LogP contribution in [0.4, 0.5) is 0 Å². The fourth-order valence-electron chi connectivity index (χ4n) is 5.79. The Labute approximate surface area is 332 Å². The molecule has 314 valence electrons. The number of phosphoric ester groups is 1. The number of likely N-dealkylation sites (N-methyl/N-ethyl adjacent to an activating group) is 1. The van der Waals surface area contributed by atoms with E-state index >= 15 is 0 Å². The standard InChI is InChI=1S/C45H83N2O6P/c1-6-8-10-12-14-16-18-20-22-23-25-27-29-31-33-35-37-39-45(49)46-43(42-53-54(50,51)52-41-40-47(3,4)5)44(48)38-36-34-32-30-28-26-24-21-19-17-15-13-11-9-7-2/h8,10,14,16,20,22,25,27,36,38,43-44,48H,6-7,9,11-13,15,17-19,21,23-24,26,28-35,37,39-42H2,1-5H3,(H-,46,49,50,51)/b10-8-,16-14-,22-20-,27-25-,38-36+. The SMILES string of the molecule is CC/C=C\C/C=C\C/C=C\C/C=C\CCCCCCC(=O)NC(COP(=O)([O-])OCC[N+](C)(C)C)C(O)/C=C/CCCCCCCCCCCCCCC. The summed E-state index contributed by atoms with van der Waals surface area (Å²) in [5.74, 6) is -0.224. The van der Waals surface area contributed by atoms with Gasteiger partial charge in [-0.25, -0.2) is 0 Å². The summed E-state index contributed by atoms with van der Waals surface area (Å²) < 4.78 is 23.2. The number of rotatable bonds is 38. The van der Waals surface area contributed by atoms with E-state index in [4.69, 9.17) is 9.05 Å².